The normalized spacial score (nSPS) is 11.5. The van der Waals surface area contributed by atoms with Crippen molar-refractivity contribution in [3.05, 3.63) is 58.6 Å². The summed E-state index contributed by atoms with van der Waals surface area (Å²) in [4.78, 5) is 11.2. The summed E-state index contributed by atoms with van der Waals surface area (Å²) < 4.78 is 33.2. The van der Waals surface area contributed by atoms with Crippen molar-refractivity contribution in [2.45, 2.75) is 4.90 Å². The van der Waals surface area contributed by atoms with Crippen LogP contribution in [0.1, 0.15) is 0 Å². The van der Waals surface area contributed by atoms with Crippen molar-refractivity contribution < 1.29 is 13.5 Å². The fraction of sp³-hybridized carbons (Fsp3) is 0. The van der Waals surface area contributed by atoms with Gasteiger partial charge in [0, 0.05) is 4.41 Å². The van der Waals surface area contributed by atoms with Crippen LogP contribution in [0.3, 0.4) is 0 Å². The number of hydrogen-bond acceptors (Lipinski definition) is 7. The Kier molecular flexibility index (Phi) is 3.47. The topological polar surface area (TPSA) is 106 Å². The minimum atomic E-state index is -4.35. The predicted octanol–water partition coefficient (Wildman–Crippen LogP) is 2.08. The number of fused-ring (bicyclic) bond motifs is 1. The Balaban J connectivity index is 2.24. The van der Waals surface area contributed by atoms with Gasteiger partial charge in [0.25, 0.3) is 0 Å². The molecule has 0 amide bonds. The fourth-order valence-electron chi connectivity index (χ4n) is 1.94. The summed E-state index contributed by atoms with van der Waals surface area (Å²) in [5, 5.41) is 10.4. The second-order valence-corrected chi connectivity index (χ2v) is 6.50. The molecular formula is C12H8N4O4S2. The average molecular weight is 336 g/mol. The largest absolute Gasteiger partial charge is 0.318 e. The van der Waals surface area contributed by atoms with E-state index < -0.39 is 15.1 Å². The van der Waals surface area contributed by atoms with Gasteiger partial charge in [0.15, 0.2) is 10.7 Å². The summed E-state index contributed by atoms with van der Waals surface area (Å²) in [6.45, 7) is 0. The molecule has 10 heteroatoms. The summed E-state index contributed by atoms with van der Waals surface area (Å²) in [5.41, 5.74) is 0.432. The van der Waals surface area contributed by atoms with Crippen LogP contribution in [0, 0.1) is 10.1 Å². The van der Waals surface area contributed by atoms with Crippen LogP contribution in [0.2, 0.25) is 0 Å². The Morgan fingerprint density at radius 2 is 1.77 bits per heavy atom. The predicted molar refractivity (Wildman–Crippen MR) is 80.5 cm³/mol. The molecule has 0 saturated carbocycles. The number of rotatable bonds is 4. The second-order valence-electron chi connectivity index (χ2n) is 4.21. The van der Waals surface area contributed by atoms with Gasteiger partial charge in [-0.3, -0.25) is 0 Å². The van der Waals surface area contributed by atoms with E-state index in [0.29, 0.717) is 5.52 Å². The van der Waals surface area contributed by atoms with Crippen LogP contribution in [-0.4, -0.2) is 22.2 Å². The molecule has 0 aliphatic carbocycles. The molecule has 8 nitrogen and oxygen atoms in total. The molecule has 0 aliphatic heterocycles. The molecule has 3 aromatic rings. The van der Waals surface area contributed by atoms with Crippen LogP contribution in [0.5, 0.6) is 0 Å². The highest BCUT2D eigenvalue weighted by molar-refractivity contribution is 7.92. The van der Waals surface area contributed by atoms with E-state index in [4.69, 9.17) is 0 Å². The van der Waals surface area contributed by atoms with Gasteiger partial charge in [-0.15, -0.1) is 0 Å². The average Bonchev–Trinajstić information content (AvgIpc) is 2.97. The van der Waals surface area contributed by atoms with Gasteiger partial charge in [0.2, 0.25) is 0 Å². The van der Waals surface area contributed by atoms with Gasteiger partial charge in [-0.1, -0.05) is 24.3 Å². The highest BCUT2D eigenvalue weighted by Crippen LogP contribution is 2.29. The smallest absolute Gasteiger partial charge is 0.233 e. The van der Waals surface area contributed by atoms with Crippen LogP contribution in [0.4, 0.5) is 5.69 Å². The van der Waals surface area contributed by atoms with E-state index in [9.17, 15) is 18.5 Å². The highest BCUT2D eigenvalue weighted by Gasteiger charge is 2.36. The first-order chi connectivity index (χ1) is 10.5. The molecule has 0 unspecified atom stereocenters. The zero-order valence-corrected chi connectivity index (χ0v) is 12.5. The van der Waals surface area contributed by atoms with Crippen molar-refractivity contribution in [3.63, 3.8) is 0 Å². The third kappa shape index (κ3) is 2.27. The standard InChI is InChI=1S/C12H8N4O4S2/c17-16(18)15(22(19,20)9-5-2-1-3-6-9)11-8-4-7-10-12(11)14-21-13-10/h1-8H. The minimum Gasteiger partial charge on any atom is -0.233 e. The van der Waals surface area contributed by atoms with Crippen molar-refractivity contribution >= 4 is 38.5 Å². The van der Waals surface area contributed by atoms with Gasteiger partial charge in [-0.2, -0.15) is 17.2 Å². The molecule has 0 N–H and O–H groups in total. The molecule has 22 heavy (non-hydrogen) atoms. The number of nitro groups is 1. The first-order valence-electron chi connectivity index (χ1n) is 5.98. The maximum absolute atomic E-state index is 12.6. The maximum Gasteiger partial charge on any atom is 0.318 e. The summed E-state index contributed by atoms with van der Waals surface area (Å²) in [6.07, 6.45) is 0. The summed E-state index contributed by atoms with van der Waals surface area (Å²) in [5.74, 6) is 0. The Morgan fingerprint density at radius 3 is 2.45 bits per heavy atom. The van der Waals surface area contributed by atoms with Crippen LogP contribution in [-0.2, 0) is 10.0 Å². The Bertz CT molecular complexity index is 940. The summed E-state index contributed by atoms with van der Waals surface area (Å²) >= 11 is 0.859. The number of nitrogens with zero attached hydrogens (tertiary/aromatic N) is 4. The molecule has 0 saturated heterocycles. The van der Waals surface area contributed by atoms with Gasteiger partial charge >= 0.3 is 10.0 Å². The maximum atomic E-state index is 12.6. The highest BCUT2D eigenvalue weighted by atomic mass is 32.2. The molecule has 112 valence electrons. The number of hydrazine groups is 1. The quantitative estimate of drug-likeness (QED) is 0.533. The van der Waals surface area contributed by atoms with Crippen molar-refractivity contribution in [1.82, 2.24) is 8.75 Å². The van der Waals surface area contributed by atoms with E-state index in [1.165, 1.54) is 36.4 Å². The van der Waals surface area contributed by atoms with E-state index in [1.54, 1.807) is 12.1 Å². The zero-order valence-electron chi connectivity index (χ0n) is 10.9. The molecule has 3 rings (SSSR count). The zero-order chi connectivity index (χ0) is 15.7. The van der Waals surface area contributed by atoms with Crippen molar-refractivity contribution in [3.8, 4) is 0 Å². The monoisotopic (exact) mass is 336 g/mol. The van der Waals surface area contributed by atoms with E-state index in [2.05, 4.69) is 8.75 Å². The van der Waals surface area contributed by atoms with Crippen LogP contribution in [0.25, 0.3) is 11.0 Å². The van der Waals surface area contributed by atoms with E-state index in [0.717, 1.165) is 11.7 Å². The molecule has 2 aromatic carbocycles. The molecule has 0 radical (unpaired) electrons. The lowest BCUT2D eigenvalue weighted by atomic mass is 10.3. The molecule has 0 fully saturated rings. The van der Waals surface area contributed by atoms with Crippen molar-refractivity contribution in [1.29, 1.82) is 0 Å². The number of hydrogen-bond donors (Lipinski definition) is 0. The number of sulfonamides is 1. The van der Waals surface area contributed by atoms with Gasteiger partial charge in [0.05, 0.1) is 16.6 Å². The molecule has 1 heterocycles. The van der Waals surface area contributed by atoms with Crippen molar-refractivity contribution in [2.24, 2.45) is 0 Å². The van der Waals surface area contributed by atoms with Gasteiger partial charge < -0.3 is 0 Å². The summed E-state index contributed by atoms with van der Waals surface area (Å²) in [7, 11) is -4.35. The van der Waals surface area contributed by atoms with E-state index >= 15 is 0 Å². The van der Waals surface area contributed by atoms with E-state index in [-0.39, 0.29) is 20.5 Å². The Labute approximate surface area is 129 Å². The van der Waals surface area contributed by atoms with Crippen LogP contribution >= 0.6 is 11.7 Å². The Hall–Kier alpha value is -2.59. The number of anilines is 1. The molecule has 0 atom stereocenters. The summed E-state index contributed by atoms with van der Waals surface area (Å²) in [6, 6.07) is 11.6. The minimum absolute atomic E-state index is 0.131. The lowest BCUT2D eigenvalue weighted by Crippen LogP contribution is -2.36. The van der Waals surface area contributed by atoms with Crippen LogP contribution in [0.15, 0.2) is 53.4 Å². The van der Waals surface area contributed by atoms with Crippen LogP contribution < -0.4 is 4.41 Å². The van der Waals surface area contributed by atoms with E-state index in [1.807, 2.05) is 0 Å². The lowest BCUT2D eigenvalue weighted by Gasteiger charge is -2.14. The Morgan fingerprint density at radius 1 is 1.05 bits per heavy atom. The second kappa shape index (κ2) is 5.31. The number of aromatic nitrogens is 2. The first-order valence-corrected chi connectivity index (χ1v) is 8.15. The molecule has 0 aliphatic rings. The molecular weight excluding hydrogens is 328 g/mol. The first kappa shape index (κ1) is 14.4. The van der Waals surface area contributed by atoms with Crippen molar-refractivity contribution in [2.75, 3.05) is 4.41 Å². The molecule has 0 spiro atoms. The third-order valence-corrected chi connectivity index (χ3v) is 5.08. The number of benzene rings is 2. The molecule has 0 bridgehead atoms. The fourth-order valence-corrected chi connectivity index (χ4v) is 3.77. The van der Waals surface area contributed by atoms with Gasteiger partial charge in [-0.05, 0) is 24.3 Å². The molecule has 1 aromatic heterocycles. The van der Waals surface area contributed by atoms with Gasteiger partial charge in [0.1, 0.15) is 11.0 Å². The lowest BCUT2D eigenvalue weighted by molar-refractivity contribution is -0.474. The van der Waals surface area contributed by atoms with Gasteiger partial charge in [-0.25, -0.2) is 10.1 Å². The SMILES string of the molecule is O=[N+]([O-])N(c1cccc2nsnc12)S(=O)(=O)c1ccccc1. The third-order valence-electron chi connectivity index (χ3n) is 2.89.